The van der Waals surface area contributed by atoms with E-state index in [1.54, 1.807) is 0 Å². The minimum atomic E-state index is 1.06. The van der Waals surface area contributed by atoms with Crippen LogP contribution in [0.1, 0.15) is 18.4 Å². The molecule has 0 atom stereocenters. The first-order valence-corrected chi connectivity index (χ1v) is 11.2. The van der Waals surface area contributed by atoms with E-state index in [2.05, 4.69) is 71.3 Å². The zero-order chi connectivity index (χ0) is 18.8. The second-order valence-electron chi connectivity index (χ2n) is 7.74. The van der Waals surface area contributed by atoms with E-state index < -0.39 is 0 Å². The predicted octanol–water partition coefficient (Wildman–Crippen LogP) is 2.80. The highest BCUT2D eigenvalue weighted by molar-refractivity contribution is 7.98. The van der Waals surface area contributed by atoms with Crippen molar-refractivity contribution in [2.45, 2.75) is 24.3 Å². The number of benzene rings is 1. The van der Waals surface area contributed by atoms with Gasteiger partial charge in [-0.25, -0.2) is 0 Å². The molecular formula is C21H38N4S. The summed E-state index contributed by atoms with van der Waals surface area (Å²) in [6, 6.07) is 9.09. The summed E-state index contributed by atoms with van der Waals surface area (Å²) in [6.45, 7) is 10.5. The lowest BCUT2D eigenvalue weighted by Crippen LogP contribution is -2.38. The van der Waals surface area contributed by atoms with Crippen molar-refractivity contribution in [2.24, 2.45) is 0 Å². The smallest absolute Gasteiger partial charge is 0.0234 e. The van der Waals surface area contributed by atoms with Crippen molar-refractivity contribution in [2.75, 3.05) is 79.8 Å². The Bertz CT molecular complexity index is 493. The van der Waals surface area contributed by atoms with Crippen LogP contribution in [0.15, 0.2) is 29.2 Å². The molecule has 0 radical (unpaired) electrons. The highest BCUT2D eigenvalue weighted by Crippen LogP contribution is 2.16. The zero-order valence-electron chi connectivity index (χ0n) is 17.3. The first kappa shape index (κ1) is 21.7. The quantitative estimate of drug-likeness (QED) is 0.748. The third-order valence-corrected chi connectivity index (χ3v) is 6.06. The number of hydrogen-bond acceptors (Lipinski definition) is 5. The Morgan fingerprint density at radius 1 is 0.692 bits per heavy atom. The lowest BCUT2D eigenvalue weighted by Gasteiger charge is -2.28. The van der Waals surface area contributed by atoms with Crippen molar-refractivity contribution >= 4 is 11.8 Å². The maximum absolute atomic E-state index is 2.64. The Hall–Kier alpha value is -0.590. The summed E-state index contributed by atoms with van der Waals surface area (Å²) >= 11 is 1.81. The van der Waals surface area contributed by atoms with Gasteiger partial charge >= 0.3 is 0 Å². The highest BCUT2D eigenvalue weighted by Gasteiger charge is 2.11. The van der Waals surface area contributed by atoms with Crippen molar-refractivity contribution in [1.29, 1.82) is 0 Å². The van der Waals surface area contributed by atoms with Crippen molar-refractivity contribution in [3.8, 4) is 0 Å². The van der Waals surface area contributed by atoms with Crippen LogP contribution in [0.2, 0.25) is 0 Å². The van der Waals surface area contributed by atoms with Crippen LogP contribution in [-0.4, -0.2) is 99.4 Å². The van der Waals surface area contributed by atoms with Crippen molar-refractivity contribution in [3.05, 3.63) is 29.8 Å². The first-order valence-electron chi connectivity index (χ1n) is 9.97. The standard InChI is InChI=1S/C21H38N4S/c1-22-11-5-12-24(3)17-18-25(14-6-13-23(2)16-15-22)19-20-7-9-21(26-4)10-8-20/h7-10H,5-6,11-19H2,1-4H3. The monoisotopic (exact) mass is 378 g/mol. The summed E-state index contributed by atoms with van der Waals surface area (Å²) in [7, 11) is 6.79. The van der Waals surface area contributed by atoms with Crippen molar-refractivity contribution in [1.82, 2.24) is 19.6 Å². The SMILES string of the molecule is CSc1ccc(CN2CCCN(C)CCN(C)CCCN(C)CC2)cc1. The maximum atomic E-state index is 2.64. The molecule has 0 bridgehead atoms. The first-order chi connectivity index (χ1) is 12.6. The minimum absolute atomic E-state index is 1.06. The molecule has 0 aliphatic carbocycles. The van der Waals surface area contributed by atoms with Gasteiger partial charge in [-0.3, -0.25) is 4.90 Å². The summed E-state index contributed by atoms with van der Waals surface area (Å²) in [6.07, 6.45) is 4.64. The molecule has 0 saturated carbocycles. The molecule has 0 aromatic heterocycles. The lowest BCUT2D eigenvalue weighted by molar-refractivity contribution is 0.186. The average Bonchev–Trinajstić information content (AvgIpc) is 2.64. The van der Waals surface area contributed by atoms with Gasteiger partial charge in [-0.05, 0) is 84.1 Å². The summed E-state index contributed by atoms with van der Waals surface area (Å²) in [5, 5.41) is 0. The fourth-order valence-corrected chi connectivity index (χ4v) is 3.83. The van der Waals surface area contributed by atoms with E-state index in [1.807, 2.05) is 11.8 Å². The Balaban J connectivity index is 1.92. The van der Waals surface area contributed by atoms with Crippen LogP contribution in [0.3, 0.4) is 0 Å². The van der Waals surface area contributed by atoms with Gasteiger partial charge in [0.2, 0.25) is 0 Å². The van der Waals surface area contributed by atoms with E-state index in [-0.39, 0.29) is 0 Å². The van der Waals surface area contributed by atoms with Crippen LogP contribution in [-0.2, 0) is 6.54 Å². The molecule has 1 aromatic carbocycles. The minimum Gasteiger partial charge on any atom is -0.305 e. The molecule has 2 rings (SSSR count). The Labute approximate surface area is 165 Å². The van der Waals surface area contributed by atoms with Crippen LogP contribution < -0.4 is 0 Å². The lowest BCUT2D eigenvalue weighted by atomic mass is 10.2. The average molecular weight is 379 g/mol. The normalized spacial score (nSPS) is 21.5. The molecule has 5 heteroatoms. The topological polar surface area (TPSA) is 13.0 Å². The molecule has 0 amide bonds. The predicted molar refractivity (Wildman–Crippen MR) is 115 cm³/mol. The molecule has 0 unspecified atom stereocenters. The number of thioether (sulfide) groups is 1. The van der Waals surface area contributed by atoms with E-state index >= 15 is 0 Å². The van der Waals surface area contributed by atoms with Crippen LogP contribution in [0.5, 0.6) is 0 Å². The molecule has 1 heterocycles. The molecule has 4 nitrogen and oxygen atoms in total. The second-order valence-corrected chi connectivity index (χ2v) is 8.62. The summed E-state index contributed by atoms with van der Waals surface area (Å²) < 4.78 is 0. The van der Waals surface area contributed by atoms with Crippen LogP contribution >= 0.6 is 11.8 Å². The molecule has 148 valence electrons. The number of hydrogen-bond donors (Lipinski definition) is 0. The fourth-order valence-electron chi connectivity index (χ4n) is 3.42. The summed E-state index contributed by atoms with van der Waals surface area (Å²) in [4.78, 5) is 11.4. The fraction of sp³-hybridized carbons (Fsp3) is 0.714. The van der Waals surface area contributed by atoms with Gasteiger partial charge in [-0.1, -0.05) is 12.1 Å². The van der Waals surface area contributed by atoms with Gasteiger partial charge in [-0.2, -0.15) is 0 Å². The van der Waals surface area contributed by atoms with Crippen LogP contribution in [0.4, 0.5) is 0 Å². The van der Waals surface area contributed by atoms with E-state index in [0.29, 0.717) is 0 Å². The molecule has 1 fully saturated rings. The van der Waals surface area contributed by atoms with Gasteiger partial charge in [0.05, 0.1) is 0 Å². The third kappa shape index (κ3) is 8.40. The second kappa shape index (κ2) is 12.0. The van der Waals surface area contributed by atoms with Gasteiger partial charge in [-0.15, -0.1) is 11.8 Å². The molecule has 1 aliphatic heterocycles. The third-order valence-electron chi connectivity index (χ3n) is 5.32. The molecule has 1 saturated heterocycles. The largest absolute Gasteiger partial charge is 0.305 e. The van der Waals surface area contributed by atoms with Gasteiger partial charge in [0.25, 0.3) is 0 Å². The van der Waals surface area contributed by atoms with Crippen molar-refractivity contribution in [3.63, 3.8) is 0 Å². The van der Waals surface area contributed by atoms with Crippen LogP contribution in [0, 0.1) is 0 Å². The molecule has 0 spiro atoms. The summed E-state index contributed by atoms with van der Waals surface area (Å²) in [5.74, 6) is 0. The number of nitrogens with zero attached hydrogens (tertiary/aromatic N) is 4. The van der Waals surface area contributed by atoms with Gasteiger partial charge in [0, 0.05) is 37.6 Å². The number of likely N-dealkylation sites (N-methyl/N-ethyl adjacent to an activating group) is 3. The van der Waals surface area contributed by atoms with Gasteiger partial charge in [0.15, 0.2) is 0 Å². The molecular weight excluding hydrogens is 340 g/mol. The van der Waals surface area contributed by atoms with E-state index in [0.717, 1.165) is 19.6 Å². The molecule has 0 N–H and O–H groups in total. The van der Waals surface area contributed by atoms with Crippen molar-refractivity contribution < 1.29 is 0 Å². The van der Waals surface area contributed by atoms with E-state index in [1.165, 1.54) is 62.6 Å². The van der Waals surface area contributed by atoms with Gasteiger partial charge in [0.1, 0.15) is 0 Å². The van der Waals surface area contributed by atoms with Crippen LogP contribution in [0.25, 0.3) is 0 Å². The molecule has 1 aliphatic rings. The summed E-state index contributed by atoms with van der Waals surface area (Å²) in [5.41, 5.74) is 1.43. The highest BCUT2D eigenvalue weighted by atomic mass is 32.2. The maximum Gasteiger partial charge on any atom is 0.0234 e. The molecule has 26 heavy (non-hydrogen) atoms. The Kier molecular flexibility index (Phi) is 10.0. The molecule has 1 aromatic rings. The van der Waals surface area contributed by atoms with E-state index in [9.17, 15) is 0 Å². The Morgan fingerprint density at radius 2 is 1.19 bits per heavy atom. The zero-order valence-corrected chi connectivity index (χ0v) is 18.1. The van der Waals surface area contributed by atoms with E-state index in [4.69, 9.17) is 0 Å². The number of rotatable bonds is 3. The Morgan fingerprint density at radius 3 is 1.73 bits per heavy atom. The van der Waals surface area contributed by atoms with Gasteiger partial charge < -0.3 is 14.7 Å².